The molecule has 2 N–H and O–H groups in total. The van der Waals surface area contributed by atoms with E-state index in [4.69, 9.17) is 5.73 Å². The van der Waals surface area contributed by atoms with Gasteiger partial charge in [0.1, 0.15) is 5.82 Å². The van der Waals surface area contributed by atoms with Crippen LogP contribution >= 0.6 is 0 Å². The highest BCUT2D eigenvalue weighted by Crippen LogP contribution is 2.26. The Balaban J connectivity index is 2.31. The van der Waals surface area contributed by atoms with Crippen molar-refractivity contribution in [3.63, 3.8) is 0 Å². The SMILES string of the molecule is CCC(N)(Cc1ccccn1)c1cccc(F)c1. The number of rotatable bonds is 4. The van der Waals surface area contributed by atoms with Crippen molar-refractivity contribution in [1.29, 1.82) is 0 Å². The van der Waals surface area contributed by atoms with Gasteiger partial charge in [-0.1, -0.05) is 25.1 Å². The Morgan fingerprint density at radius 3 is 2.67 bits per heavy atom. The normalized spacial score (nSPS) is 14.2. The summed E-state index contributed by atoms with van der Waals surface area (Å²) in [6.45, 7) is 2.01. The van der Waals surface area contributed by atoms with E-state index in [1.54, 1.807) is 12.3 Å². The summed E-state index contributed by atoms with van der Waals surface area (Å²) in [5.74, 6) is -0.253. The molecule has 0 radical (unpaired) electrons. The van der Waals surface area contributed by atoms with Gasteiger partial charge in [0.05, 0.1) is 0 Å². The molecule has 0 aliphatic rings. The highest BCUT2D eigenvalue weighted by molar-refractivity contribution is 5.27. The second-order valence-electron chi connectivity index (χ2n) is 4.52. The third-order valence-electron chi connectivity index (χ3n) is 3.25. The molecule has 1 unspecified atom stereocenters. The van der Waals surface area contributed by atoms with Crippen LogP contribution < -0.4 is 5.73 Å². The topological polar surface area (TPSA) is 38.9 Å². The highest BCUT2D eigenvalue weighted by atomic mass is 19.1. The van der Waals surface area contributed by atoms with Gasteiger partial charge in [-0.05, 0) is 36.2 Å². The summed E-state index contributed by atoms with van der Waals surface area (Å²) < 4.78 is 13.3. The van der Waals surface area contributed by atoms with Gasteiger partial charge in [-0.2, -0.15) is 0 Å². The first-order valence-electron chi connectivity index (χ1n) is 6.09. The maximum absolute atomic E-state index is 13.3. The van der Waals surface area contributed by atoms with Gasteiger partial charge < -0.3 is 5.73 Å². The average molecular weight is 244 g/mol. The molecule has 0 aliphatic carbocycles. The third-order valence-corrected chi connectivity index (χ3v) is 3.25. The van der Waals surface area contributed by atoms with Crippen molar-refractivity contribution < 1.29 is 4.39 Å². The average Bonchev–Trinajstić information content (AvgIpc) is 2.40. The molecule has 0 spiro atoms. The number of hydrogen-bond donors (Lipinski definition) is 1. The number of aromatic nitrogens is 1. The van der Waals surface area contributed by atoms with Crippen LogP contribution in [0.5, 0.6) is 0 Å². The molecular weight excluding hydrogens is 227 g/mol. The molecule has 0 bridgehead atoms. The number of benzene rings is 1. The number of nitrogens with zero attached hydrogens (tertiary/aromatic N) is 1. The molecule has 2 nitrogen and oxygen atoms in total. The van der Waals surface area contributed by atoms with Crippen LogP contribution in [0.3, 0.4) is 0 Å². The lowest BCUT2D eigenvalue weighted by molar-refractivity contribution is 0.417. The van der Waals surface area contributed by atoms with Gasteiger partial charge in [0.15, 0.2) is 0 Å². The smallest absolute Gasteiger partial charge is 0.123 e. The maximum Gasteiger partial charge on any atom is 0.123 e. The molecule has 0 fully saturated rings. The van der Waals surface area contributed by atoms with E-state index in [-0.39, 0.29) is 5.82 Å². The van der Waals surface area contributed by atoms with Crippen molar-refractivity contribution in [1.82, 2.24) is 4.98 Å². The van der Waals surface area contributed by atoms with Gasteiger partial charge in [-0.3, -0.25) is 4.98 Å². The Bertz CT molecular complexity index is 513. The molecule has 1 atom stereocenters. The van der Waals surface area contributed by atoms with E-state index in [2.05, 4.69) is 4.98 Å². The molecule has 0 aliphatic heterocycles. The van der Waals surface area contributed by atoms with E-state index in [1.807, 2.05) is 31.2 Å². The second-order valence-corrected chi connectivity index (χ2v) is 4.52. The van der Waals surface area contributed by atoms with Crippen LogP contribution in [0.15, 0.2) is 48.7 Å². The molecular formula is C15H17FN2. The molecule has 0 saturated carbocycles. The van der Waals surface area contributed by atoms with Crippen LogP contribution in [-0.2, 0) is 12.0 Å². The van der Waals surface area contributed by atoms with Crippen LogP contribution in [0.4, 0.5) is 4.39 Å². The number of halogens is 1. The quantitative estimate of drug-likeness (QED) is 0.897. The van der Waals surface area contributed by atoms with E-state index in [0.29, 0.717) is 6.42 Å². The van der Waals surface area contributed by atoms with E-state index in [1.165, 1.54) is 12.1 Å². The van der Waals surface area contributed by atoms with Crippen molar-refractivity contribution >= 4 is 0 Å². The molecule has 3 heteroatoms. The predicted octanol–water partition coefficient (Wildman–Crippen LogP) is 3.03. The number of pyridine rings is 1. The summed E-state index contributed by atoms with van der Waals surface area (Å²) in [4.78, 5) is 4.29. The first-order chi connectivity index (χ1) is 8.64. The van der Waals surface area contributed by atoms with Gasteiger partial charge in [-0.15, -0.1) is 0 Å². The molecule has 0 amide bonds. The van der Waals surface area contributed by atoms with E-state index >= 15 is 0 Å². The fraction of sp³-hybridized carbons (Fsp3) is 0.267. The first-order valence-corrected chi connectivity index (χ1v) is 6.09. The maximum atomic E-state index is 13.3. The Morgan fingerprint density at radius 1 is 1.22 bits per heavy atom. The van der Waals surface area contributed by atoms with Gasteiger partial charge in [-0.25, -0.2) is 4.39 Å². The van der Waals surface area contributed by atoms with Crippen molar-refractivity contribution in [3.05, 3.63) is 65.7 Å². The Morgan fingerprint density at radius 2 is 2.06 bits per heavy atom. The molecule has 1 aromatic heterocycles. The summed E-state index contributed by atoms with van der Waals surface area (Å²) in [6.07, 6.45) is 3.08. The lowest BCUT2D eigenvalue weighted by atomic mass is 9.84. The molecule has 1 aromatic carbocycles. The molecule has 18 heavy (non-hydrogen) atoms. The zero-order valence-corrected chi connectivity index (χ0v) is 10.4. The van der Waals surface area contributed by atoms with Crippen molar-refractivity contribution in [2.24, 2.45) is 5.73 Å². The van der Waals surface area contributed by atoms with E-state index < -0.39 is 5.54 Å². The van der Waals surface area contributed by atoms with Gasteiger partial charge in [0, 0.05) is 23.9 Å². The van der Waals surface area contributed by atoms with Gasteiger partial charge in [0.25, 0.3) is 0 Å². The summed E-state index contributed by atoms with van der Waals surface area (Å²) in [5.41, 5.74) is 7.58. The second kappa shape index (κ2) is 5.27. The van der Waals surface area contributed by atoms with Gasteiger partial charge >= 0.3 is 0 Å². The Labute approximate surface area is 107 Å². The Hall–Kier alpha value is -1.74. The van der Waals surface area contributed by atoms with Crippen LogP contribution in [0, 0.1) is 5.82 Å². The summed E-state index contributed by atoms with van der Waals surface area (Å²) in [7, 11) is 0. The summed E-state index contributed by atoms with van der Waals surface area (Å²) in [6, 6.07) is 12.2. The van der Waals surface area contributed by atoms with Gasteiger partial charge in [0.2, 0.25) is 0 Å². The monoisotopic (exact) mass is 244 g/mol. The van der Waals surface area contributed by atoms with Crippen LogP contribution in [-0.4, -0.2) is 4.98 Å². The first kappa shape index (κ1) is 12.7. The lowest BCUT2D eigenvalue weighted by Crippen LogP contribution is -2.38. The molecule has 0 saturated heterocycles. The Kier molecular flexibility index (Phi) is 3.72. The predicted molar refractivity (Wildman–Crippen MR) is 70.5 cm³/mol. The van der Waals surface area contributed by atoms with Crippen LogP contribution in [0.2, 0.25) is 0 Å². The minimum absolute atomic E-state index is 0.253. The zero-order chi connectivity index (χ0) is 13.0. The van der Waals surface area contributed by atoms with Crippen molar-refractivity contribution in [2.75, 3.05) is 0 Å². The highest BCUT2D eigenvalue weighted by Gasteiger charge is 2.26. The van der Waals surface area contributed by atoms with E-state index in [0.717, 1.165) is 17.7 Å². The van der Waals surface area contributed by atoms with E-state index in [9.17, 15) is 4.39 Å². The van der Waals surface area contributed by atoms with Crippen LogP contribution in [0.1, 0.15) is 24.6 Å². The zero-order valence-electron chi connectivity index (χ0n) is 10.4. The number of hydrogen-bond acceptors (Lipinski definition) is 2. The van der Waals surface area contributed by atoms with Crippen molar-refractivity contribution in [3.8, 4) is 0 Å². The molecule has 2 rings (SSSR count). The lowest BCUT2D eigenvalue weighted by Gasteiger charge is -2.28. The largest absolute Gasteiger partial charge is 0.321 e. The molecule has 2 aromatic rings. The molecule has 1 heterocycles. The minimum Gasteiger partial charge on any atom is -0.321 e. The summed E-state index contributed by atoms with van der Waals surface area (Å²) >= 11 is 0. The summed E-state index contributed by atoms with van der Waals surface area (Å²) in [5, 5.41) is 0. The fourth-order valence-electron chi connectivity index (χ4n) is 2.06. The minimum atomic E-state index is -0.573. The standard InChI is InChI=1S/C15H17FN2/c1-2-15(17,11-14-8-3-4-9-18-14)12-6-5-7-13(16)10-12/h3-10H,2,11,17H2,1H3. The van der Waals surface area contributed by atoms with Crippen molar-refractivity contribution in [2.45, 2.75) is 25.3 Å². The third kappa shape index (κ3) is 2.74. The number of nitrogens with two attached hydrogens (primary N) is 1. The molecule has 94 valence electrons. The van der Waals surface area contributed by atoms with Crippen LogP contribution in [0.25, 0.3) is 0 Å². The fourth-order valence-corrected chi connectivity index (χ4v) is 2.06.